The molecule has 0 bridgehead atoms. The van der Waals surface area contributed by atoms with Crippen LogP contribution in [0.3, 0.4) is 0 Å². The average Bonchev–Trinajstić information content (AvgIpc) is 2.81. The van der Waals surface area contributed by atoms with Crippen LogP contribution in [0.5, 0.6) is 11.5 Å². The van der Waals surface area contributed by atoms with Gasteiger partial charge in [-0.3, -0.25) is 0 Å². The predicted molar refractivity (Wildman–Crippen MR) is 85.1 cm³/mol. The second kappa shape index (κ2) is 5.21. The van der Waals surface area contributed by atoms with Crippen molar-refractivity contribution in [1.82, 2.24) is 9.97 Å². The summed E-state index contributed by atoms with van der Waals surface area (Å²) < 4.78 is 11.7. The topological polar surface area (TPSA) is 70.3 Å². The fraction of sp³-hybridized carbons (Fsp3) is 0.200. The fourth-order valence-corrected chi connectivity index (χ4v) is 3.33. The van der Waals surface area contributed by atoms with Gasteiger partial charge in [-0.2, -0.15) is 0 Å². The van der Waals surface area contributed by atoms with E-state index in [1.807, 2.05) is 18.2 Å². The number of fused-ring (bicyclic) bond motifs is 1. The summed E-state index contributed by atoms with van der Waals surface area (Å²) in [5, 5.41) is 0. The molecule has 0 spiro atoms. The SMILES string of the molecule is COc1ccc(-c2c(C)sc3cnc(N)nc23)c(OC)c1. The van der Waals surface area contributed by atoms with Gasteiger partial charge < -0.3 is 15.2 Å². The van der Waals surface area contributed by atoms with Crippen LogP contribution in [0, 0.1) is 6.92 Å². The molecule has 0 saturated carbocycles. The van der Waals surface area contributed by atoms with Crippen molar-refractivity contribution >= 4 is 27.5 Å². The number of methoxy groups -OCH3 is 2. The molecule has 21 heavy (non-hydrogen) atoms. The summed E-state index contributed by atoms with van der Waals surface area (Å²) in [6.45, 7) is 2.06. The van der Waals surface area contributed by atoms with Gasteiger partial charge >= 0.3 is 0 Å². The van der Waals surface area contributed by atoms with E-state index in [1.165, 1.54) is 0 Å². The van der Waals surface area contributed by atoms with Crippen molar-refractivity contribution < 1.29 is 9.47 Å². The van der Waals surface area contributed by atoms with Crippen molar-refractivity contribution in [3.05, 3.63) is 29.3 Å². The van der Waals surface area contributed by atoms with Gasteiger partial charge in [0.2, 0.25) is 5.95 Å². The molecule has 2 aromatic heterocycles. The lowest BCUT2D eigenvalue weighted by Gasteiger charge is -2.10. The summed E-state index contributed by atoms with van der Waals surface area (Å²) in [7, 11) is 3.28. The van der Waals surface area contributed by atoms with Crippen LogP contribution in [-0.4, -0.2) is 24.2 Å². The van der Waals surface area contributed by atoms with E-state index in [0.29, 0.717) is 0 Å². The summed E-state index contributed by atoms with van der Waals surface area (Å²) in [5.74, 6) is 1.77. The van der Waals surface area contributed by atoms with Gasteiger partial charge in [0.15, 0.2) is 0 Å². The molecule has 5 nitrogen and oxygen atoms in total. The molecule has 3 aromatic rings. The number of aryl methyl sites for hydroxylation is 1. The Balaban J connectivity index is 2.29. The standard InChI is InChI=1S/C15H15N3O2S/c1-8-13(14-12(21-8)7-17-15(16)18-14)10-5-4-9(19-2)6-11(10)20-3/h4-7H,1-3H3,(H2,16,17,18). The zero-order chi connectivity index (χ0) is 15.0. The van der Waals surface area contributed by atoms with Gasteiger partial charge in [0.05, 0.1) is 30.6 Å². The molecule has 0 aliphatic rings. The Morgan fingerprint density at radius 2 is 2.00 bits per heavy atom. The monoisotopic (exact) mass is 301 g/mol. The molecule has 0 aliphatic carbocycles. The van der Waals surface area contributed by atoms with E-state index in [0.717, 1.165) is 37.7 Å². The first-order chi connectivity index (χ1) is 10.1. The van der Waals surface area contributed by atoms with E-state index in [2.05, 4.69) is 16.9 Å². The highest BCUT2D eigenvalue weighted by Crippen LogP contribution is 2.42. The normalized spacial score (nSPS) is 10.8. The largest absolute Gasteiger partial charge is 0.497 e. The molecule has 0 radical (unpaired) electrons. The Labute approximate surface area is 126 Å². The third kappa shape index (κ3) is 2.27. The lowest BCUT2D eigenvalue weighted by molar-refractivity contribution is 0.395. The highest BCUT2D eigenvalue weighted by atomic mass is 32.1. The number of rotatable bonds is 3. The lowest BCUT2D eigenvalue weighted by atomic mass is 10.0. The van der Waals surface area contributed by atoms with Gasteiger partial charge in [-0.05, 0) is 19.1 Å². The number of hydrogen-bond donors (Lipinski definition) is 1. The van der Waals surface area contributed by atoms with Gasteiger partial charge in [-0.1, -0.05) is 0 Å². The Kier molecular flexibility index (Phi) is 3.39. The Morgan fingerprint density at radius 3 is 2.71 bits per heavy atom. The number of anilines is 1. The van der Waals surface area contributed by atoms with Crippen LogP contribution in [0.25, 0.3) is 21.3 Å². The highest BCUT2D eigenvalue weighted by molar-refractivity contribution is 7.19. The number of hydrogen-bond acceptors (Lipinski definition) is 6. The molecule has 108 valence electrons. The van der Waals surface area contributed by atoms with Crippen molar-refractivity contribution in [3.63, 3.8) is 0 Å². The average molecular weight is 301 g/mol. The van der Waals surface area contributed by atoms with E-state index in [4.69, 9.17) is 15.2 Å². The number of nitrogens with zero attached hydrogens (tertiary/aromatic N) is 2. The third-order valence-electron chi connectivity index (χ3n) is 3.30. The molecule has 2 N–H and O–H groups in total. The number of thiophene rings is 1. The number of aromatic nitrogens is 2. The molecule has 0 amide bonds. The van der Waals surface area contributed by atoms with E-state index in [1.54, 1.807) is 31.8 Å². The first-order valence-electron chi connectivity index (χ1n) is 6.38. The molecule has 0 aliphatic heterocycles. The van der Waals surface area contributed by atoms with Gasteiger partial charge in [0, 0.05) is 22.1 Å². The number of benzene rings is 1. The minimum atomic E-state index is 0.272. The van der Waals surface area contributed by atoms with Gasteiger partial charge in [-0.15, -0.1) is 11.3 Å². The minimum Gasteiger partial charge on any atom is -0.497 e. The zero-order valence-corrected chi connectivity index (χ0v) is 12.8. The molecule has 3 rings (SSSR count). The third-order valence-corrected chi connectivity index (χ3v) is 4.33. The molecule has 0 fully saturated rings. The number of nitrogens with two attached hydrogens (primary N) is 1. The molecule has 1 aromatic carbocycles. The molecule has 0 saturated heterocycles. The fourth-order valence-electron chi connectivity index (χ4n) is 2.34. The van der Waals surface area contributed by atoms with Crippen LogP contribution < -0.4 is 15.2 Å². The Bertz CT molecular complexity index is 814. The molecule has 6 heteroatoms. The predicted octanol–water partition coefficient (Wildman–Crippen LogP) is 3.27. The van der Waals surface area contributed by atoms with Crippen LogP contribution >= 0.6 is 11.3 Å². The summed E-state index contributed by atoms with van der Waals surface area (Å²) in [6.07, 6.45) is 1.76. The molecule has 2 heterocycles. The summed E-state index contributed by atoms with van der Waals surface area (Å²) >= 11 is 1.64. The van der Waals surface area contributed by atoms with E-state index in [-0.39, 0.29) is 5.95 Å². The zero-order valence-electron chi connectivity index (χ0n) is 12.0. The van der Waals surface area contributed by atoms with Crippen molar-refractivity contribution in [2.75, 3.05) is 20.0 Å². The van der Waals surface area contributed by atoms with Gasteiger partial charge in [0.1, 0.15) is 11.5 Å². The maximum Gasteiger partial charge on any atom is 0.220 e. The van der Waals surface area contributed by atoms with Gasteiger partial charge in [0.25, 0.3) is 0 Å². The van der Waals surface area contributed by atoms with Crippen LogP contribution in [0.1, 0.15) is 4.88 Å². The summed E-state index contributed by atoms with van der Waals surface area (Å²) in [5.41, 5.74) is 8.59. The first-order valence-corrected chi connectivity index (χ1v) is 7.19. The van der Waals surface area contributed by atoms with Crippen LogP contribution in [0.2, 0.25) is 0 Å². The molecular weight excluding hydrogens is 286 g/mol. The van der Waals surface area contributed by atoms with E-state index < -0.39 is 0 Å². The van der Waals surface area contributed by atoms with Gasteiger partial charge in [-0.25, -0.2) is 9.97 Å². The minimum absolute atomic E-state index is 0.272. The second-order valence-electron chi connectivity index (χ2n) is 4.54. The Hall–Kier alpha value is -2.34. The summed E-state index contributed by atoms with van der Waals surface area (Å²) in [6, 6.07) is 5.75. The lowest BCUT2D eigenvalue weighted by Crippen LogP contribution is -1.94. The second-order valence-corrected chi connectivity index (χ2v) is 5.80. The van der Waals surface area contributed by atoms with E-state index >= 15 is 0 Å². The van der Waals surface area contributed by atoms with Crippen molar-refractivity contribution in [3.8, 4) is 22.6 Å². The molecule has 0 unspecified atom stereocenters. The number of nitrogen functional groups attached to an aromatic ring is 1. The molecule has 0 atom stereocenters. The van der Waals surface area contributed by atoms with Crippen molar-refractivity contribution in [2.24, 2.45) is 0 Å². The van der Waals surface area contributed by atoms with E-state index in [9.17, 15) is 0 Å². The quantitative estimate of drug-likeness (QED) is 0.804. The van der Waals surface area contributed by atoms with Crippen LogP contribution in [0.4, 0.5) is 5.95 Å². The highest BCUT2D eigenvalue weighted by Gasteiger charge is 2.17. The smallest absolute Gasteiger partial charge is 0.220 e. The number of ether oxygens (including phenoxy) is 2. The maximum absolute atomic E-state index is 5.73. The summed E-state index contributed by atoms with van der Waals surface area (Å²) in [4.78, 5) is 9.58. The molecular formula is C15H15N3O2S. The van der Waals surface area contributed by atoms with Crippen molar-refractivity contribution in [2.45, 2.75) is 6.92 Å². The van der Waals surface area contributed by atoms with Crippen molar-refractivity contribution in [1.29, 1.82) is 0 Å². The first kappa shape index (κ1) is 13.6. The maximum atomic E-state index is 5.73. The van der Waals surface area contributed by atoms with Crippen LogP contribution in [-0.2, 0) is 0 Å². The Morgan fingerprint density at radius 1 is 1.19 bits per heavy atom. The van der Waals surface area contributed by atoms with Crippen LogP contribution in [0.15, 0.2) is 24.4 Å².